The third-order valence-corrected chi connectivity index (χ3v) is 4.32. The van der Waals surface area contributed by atoms with Gasteiger partial charge in [0.15, 0.2) is 5.58 Å². The monoisotopic (exact) mass is 390 g/mol. The van der Waals surface area contributed by atoms with Gasteiger partial charge in [0.05, 0.1) is 16.9 Å². The van der Waals surface area contributed by atoms with Gasteiger partial charge in [-0.3, -0.25) is 14.9 Å². The lowest BCUT2D eigenvalue weighted by Crippen LogP contribution is -2.19. The maximum atomic E-state index is 11.8. The largest absolute Gasteiger partial charge is 0.431 e. The summed E-state index contributed by atoms with van der Waals surface area (Å²) in [4.78, 5) is 26.3. The van der Waals surface area contributed by atoms with E-state index >= 15 is 0 Å². The van der Waals surface area contributed by atoms with Crippen LogP contribution in [0.2, 0.25) is 5.02 Å². The van der Waals surface area contributed by atoms with Crippen molar-refractivity contribution in [3.8, 4) is 0 Å². The molecule has 0 fully saturated rings. The molecule has 0 saturated carbocycles. The summed E-state index contributed by atoms with van der Waals surface area (Å²) in [5.74, 6) is -0.303. The number of para-hydroxylation sites is 2. The van der Waals surface area contributed by atoms with Gasteiger partial charge >= 0.3 is 0 Å². The molecule has 3 aromatic rings. The van der Waals surface area contributed by atoms with Crippen molar-refractivity contribution in [2.24, 2.45) is 5.10 Å². The third kappa shape index (κ3) is 4.38. The van der Waals surface area contributed by atoms with Crippen molar-refractivity contribution in [2.45, 2.75) is 5.22 Å². The number of fused-ring (bicyclic) bond motifs is 1. The Morgan fingerprint density at radius 3 is 2.96 bits per heavy atom. The number of hydrogen-bond acceptors (Lipinski definition) is 7. The Morgan fingerprint density at radius 2 is 2.19 bits per heavy atom. The van der Waals surface area contributed by atoms with Gasteiger partial charge in [-0.05, 0) is 18.2 Å². The van der Waals surface area contributed by atoms with Crippen LogP contribution in [0.25, 0.3) is 11.1 Å². The molecule has 1 aromatic heterocycles. The summed E-state index contributed by atoms with van der Waals surface area (Å²) >= 11 is 6.87. The topological polar surface area (TPSA) is 111 Å². The summed E-state index contributed by atoms with van der Waals surface area (Å²) in [5.41, 5.74) is 3.92. The smallest absolute Gasteiger partial charge is 0.288 e. The molecule has 0 atom stereocenters. The average Bonchev–Trinajstić information content (AvgIpc) is 3.04. The fourth-order valence-corrected chi connectivity index (χ4v) is 2.82. The Hall–Kier alpha value is -2.91. The molecule has 0 spiro atoms. The second-order valence-corrected chi connectivity index (χ2v) is 6.33. The van der Waals surface area contributed by atoms with Crippen molar-refractivity contribution in [3.05, 3.63) is 63.2 Å². The molecule has 1 heterocycles. The molecular weight excluding hydrogens is 380 g/mol. The van der Waals surface area contributed by atoms with E-state index in [1.54, 1.807) is 12.1 Å². The van der Waals surface area contributed by atoms with Crippen molar-refractivity contribution in [3.63, 3.8) is 0 Å². The van der Waals surface area contributed by atoms with Crippen LogP contribution in [0.5, 0.6) is 0 Å². The van der Waals surface area contributed by atoms with E-state index in [-0.39, 0.29) is 22.4 Å². The lowest BCUT2D eigenvalue weighted by atomic mass is 10.2. The first-order chi connectivity index (χ1) is 12.5. The molecule has 26 heavy (non-hydrogen) atoms. The van der Waals surface area contributed by atoms with Gasteiger partial charge in [-0.2, -0.15) is 5.10 Å². The van der Waals surface area contributed by atoms with Gasteiger partial charge in [0.25, 0.3) is 16.8 Å². The van der Waals surface area contributed by atoms with Gasteiger partial charge in [-0.1, -0.05) is 41.6 Å². The number of nitrogens with one attached hydrogen (secondary N) is 1. The number of hydrogen-bond donors (Lipinski definition) is 1. The summed E-state index contributed by atoms with van der Waals surface area (Å²) in [5, 5.41) is 15.0. The molecule has 0 radical (unpaired) electrons. The fraction of sp³-hybridized carbons (Fsp3) is 0.0625. The van der Waals surface area contributed by atoms with Crippen LogP contribution in [0.4, 0.5) is 5.69 Å². The number of halogens is 1. The molecule has 132 valence electrons. The Bertz CT molecular complexity index is 972. The van der Waals surface area contributed by atoms with Crippen molar-refractivity contribution in [1.82, 2.24) is 10.4 Å². The highest BCUT2D eigenvalue weighted by Gasteiger charge is 2.12. The third-order valence-electron chi connectivity index (χ3n) is 3.17. The van der Waals surface area contributed by atoms with Crippen LogP contribution in [-0.4, -0.2) is 27.8 Å². The van der Waals surface area contributed by atoms with E-state index in [0.717, 1.165) is 17.3 Å². The molecule has 0 aliphatic carbocycles. The first-order valence-corrected chi connectivity index (χ1v) is 8.63. The van der Waals surface area contributed by atoms with E-state index in [4.69, 9.17) is 16.0 Å². The number of hydrazone groups is 1. The van der Waals surface area contributed by atoms with E-state index in [9.17, 15) is 14.9 Å². The number of nitro benzene ring substituents is 1. The van der Waals surface area contributed by atoms with E-state index in [1.807, 2.05) is 18.2 Å². The second-order valence-electron chi connectivity index (χ2n) is 5.00. The number of carbonyl (C=O) groups excluding carboxylic acids is 1. The molecule has 1 N–H and O–H groups in total. The summed E-state index contributed by atoms with van der Waals surface area (Å²) in [6, 6.07) is 11.5. The Kier molecular flexibility index (Phi) is 5.49. The van der Waals surface area contributed by atoms with Crippen LogP contribution in [0.15, 0.2) is 57.2 Å². The highest BCUT2D eigenvalue weighted by molar-refractivity contribution is 7.99. The highest BCUT2D eigenvalue weighted by Crippen LogP contribution is 2.24. The number of benzene rings is 2. The SMILES string of the molecule is O=C(CSc1nc2ccccc2o1)NN=Cc1ccc(Cl)c([N+](=O)[O-])c1. The summed E-state index contributed by atoms with van der Waals surface area (Å²) in [7, 11) is 0. The number of amides is 1. The van der Waals surface area contributed by atoms with E-state index < -0.39 is 4.92 Å². The number of nitrogens with zero attached hydrogens (tertiary/aromatic N) is 3. The van der Waals surface area contributed by atoms with Crippen LogP contribution in [0, 0.1) is 10.1 Å². The van der Waals surface area contributed by atoms with E-state index in [2.05, 4.69) is 15.5 Å². The molecule has 10 heteroatoms. The molecule has 1 amide bonds. The minimum atomic E-state index is -0.588. The first kappa shape index (κ1) is 17.9. The zero-order valence-electron chi connectivity index (χ0n) is 13.1. The number of nitro groups is 1. The number of rotatable bonds is 6. The van der Waals surface area contributed by atoms with Crippen molar-refractivity contribution in [2.75, 3.05) is 5.75 Å². The zero-order chi connectivity index (χ0) is 18.5. The maximum absolute atomic E-state index is 11.8. The summed E-state index contributed by atoms with van der Waals surface area (Å²) < 4.78 is 5.50. The molecule has 8 nitrogen and oxygen atoms in total. The number of oxazole rings is 1. The molecule has 0 aliphatic heterocycles. The van der Waals surface area contributed by atoms with E-state index in [1.165, 1.54) is 18.3 Å². The normalized spacial score (nSPS) is 11.1. The molecule has 0 unspecified atom stereocenters. The van der Waals surface area contributed by atoms with Gasteiger partial charge in [0.2, 0.25) is 0 Å². The fourth-order valence-electron chi connectivity index (χ4n) is 2.00. The lowest BCUT2D eigenvalue weighted by Gasteiger charge is -1.98. The minimum absolute atomic E-state index is 0.0333. The van der Waals surface area contributed by atoms with Gasteiger partial charge in [0.1, 0.15) is 10.5 Å². The molecule has 2 aromatic carbocycles. The van der Waals surface area contributed by atoms with Crippen LogP contribution in [-0.2, 0) is 4.79 Å². The van der Waals surface area contributed by atoms with Crippen LogP contribution in [0.3, 0.4) is 0 Å². The van der Waals surface area contributed by atoms with E-state index in [0.29, 0.717) is 16.4 Å². The van der Waals surface area contributed by atoms with Crippen molar-refractivity contribution < 1.29 is 14.1 Å². The quantitative estimate of drug-likeness (QED) is 0.298. The number of aromatic nitrogens is 1. The Balaban J connectivity index is 1.54. The van der Waals surface area contributed by atoms with Crippen LogP contribution in [0.1, 0.15) is 5.56 Å². The Morgan fingerprint density at radius 1 is 1.38 bits per heavy atom. The van der Waals surface area contributed by atoms with Crippen LogP contribution >= 0.6 is 23.4 Å². The highest BCUT2D eigenvalue weighted by atomic mass is 35.5. The van der Waals surface area contributed by atoms with Gasteiger partial charge in [-0.15, -0.1) is 0 Å². The predicted octanol–water partition coefficient (Wildman–Crippen LogP) is 3.63. The molecule has 0 saturated heterocycles. The minimum Gasteiger partial charge on any atom is -0.431 e. The van der Waals surface area contributed by atoms with Crippen molar-refractivity contribution in [1.29, 1.82) is 0 Å². The average molecular weight is 391 g/mol. The van der Waals surface area contributed by atoms with Gasteiger partial charge in [-0.25, -0.2) is 10.4 Å². The number of thioether (sulfide) groups is 1. The lowest BCUT2D eigenvalue weighted by molar-refractivity contribution is -0.384. The molecule has 0 bridgehead atoms. The predicted molar refractivity (Wildman–Crippen MR) is 98.6 cm³/mol. The second kappa shape index (κ2) is 7.98. The van der Waals surface area contributed by atoms with Crippen LogP contribution < -0.4 is 5.43 Å². The summed E-state index contributed by atoms with van der Waals surface area (Å²) in [6.07, 6.45) is 1.30. The number of carbonyl (C=O) groups is 1. The zero-order valence-corrected chi connectivity index (χ0v) is 14.7. The maximum Gasteiger partial charge on any atom is 0.288 e. The molecular formula is C16H11ClN4O4S. The molecule has 0 aliphatic rings. The Labute approximate surface area is 156 Å². The standard InChI is InChI=1S/C16H11ClN4O4S/c17-11-6-5-10(7-13(11)21(23)24)8-18-20-15(22)9-26-16-19-12-3-1-2-4-14(12)25-16/h1-8H,9H2,(H,20,22). The van der Waals surface area contributed by atoms with Crippen molar-refractivity contribution >= 4 is 52.3 Å². The van der Waals surface area contributed by atoms with Gasteiger partial charge < -0.3 is 4.42 Å². The summed E-state index contributed by atoms with van der Waals surface area (Å²) in [6.45, 7) is 0. The van der Waals surface area contributed by atoms with Gasteiger partial charge in [0, 0.05) is 11.6 Å². The molecule has 3 rings (SSSR count). The first-order valence-electron chi connectivity index (χ1n) is 7.27.